The molecule has 0 radical (unpaired) electrons. The van der Waals surface area contributed by atoms with E-state index < -0.39 is 6.17 Å². The Kier molecular flexibility index (Phi) is 2.64. The van der Waals surface area contributed by atoms with E-state index in [1.165, 1.54) is 19.4 Å². The molecule has 2 fully saturated rings. The summed E-state index contributed by atoms with van der Waals surface area (Å²) in [5, 5.41) is 3.54. The lowest BCUT2D eigenvalue weighted by molar-refractivity contribution is 0.219. The highest BCUT2D eigenvalue weighted by Crippen LogP contribution is 2.28. The first-order valence-corrected chi connectivity index (χ1v) is 5.22. The molecule has 0 aliphatic heterocycles. The molecule has 0 unspecified atom stereocenters. The summed E-state index contributed by atoms with van der Waals surface area (Å²) in [7, 11) is 0. The summed E-state index contributed by atoms with van der Waals surface area (Å²) in [6.45, 7) is 1.18. The molecule has 2 rings (SSSR count). The molecule has 2 saturated carbocycles. The second-order valence-electron chi connectivity index (χ2n) is 4.30. The lowest BCUT2D eigenvalue weighted by atomic mass is 9.94. The van der Waals surface area contributed by atoms with Crippen molar-refractivity contribution in [3.63, 3.8) is 0 Å². The number of hydrogen-bond donors (Lipinski definition) is 1. The number of rotatable bonds is 3. The molecule has 2 aliphatic rings. The van der Waals surface area contributed by atoms with Crippen LogP contribution in [0.5, 0.6) is 0 Å². The van der Waals surface area contributed by atoms with Gasteiger partial charge in [-0.2, -0.15) is 0 Å². The average Bonchev–Trinajstić information content (AvgIpc) is 2.87. The van der Waals surface area contributed by atoms with Crippen LogP contribution in [0, 0.1) is 5.92 Å². The van der Waals surface area contributed by atoms with Crippen LogP contribution >= 0.6 is 0 Å². The van der Waals surface area contributed by atoms with E-state index in [0.29, 0.717) is 6.04 Å². The average molecular weight is 171 g/mol. The maximum absolute atomic E-state index is 12.7. The van der Waals surface area contributed by atoms with Gasteiger partial charge in [0.25, 0.3) is 0 Å². The highest BCUT2D eigenvalue weighted by Gasteiger charge is 2.24. The molecule has 0 spiro atoms. The van der Waals surface area contributed by atoms with Crippen molar-refractivity contribution in [1.29, 1.82) is 0 Å². The van der Waals surface area contributed by atoms with Gasteiger partial charge in [-0.1, -0.05) is 0 Å². The summed E-state index contributed by atoms with van der Waals surface area (Å²) < 4.78 is 12.7. The lowest BCUT2D eigenvalue weighted by Crippen LogP contribution is -2.34. The van der Waals surface area contributed by atoms with Crippen LogP contribution < -0.4 is 5.32 Å². The van der Waals surface area contributed by atoms with Gasteiger partial charge in [-0.05, 0) is 51.0 Å². The SMILES string of the molecule is FC1CCC(NCC2CC2)CC1. The van der Waals surface area contributed by atoms with Crippen LogP contribution in [0.25, 0.3) is 0 Å². The van der Waals surface area contributed by atoms with Gasteiger partial charge in [0, 0.05) is 6.04 Å². The Morgan fingerprint density at radius 1 is 1.00 bits per heavy atom. The Balaban J connectivity index is 1.60. The van der Waals surface area contributed by atoms with E-state index in [1.807, 2.05) is 0 Å². The van der Waals surface area contributed by atoms with Crippen molar-refractivity contribution in [2.45, 2.75) is 50.7 Å². The van der Waals surface area contributed by atoms with Gasteiger partial charge in [0.15, 0.2) is 0 Å². The zero-order chi connectivity index (χ0) is 8.39. The summed E-state index contributed by atoms with van der Waals surface area (Å²) in [5.41, 5.74) is 0. The van der Waals surface area contributed by atoms with E-state index in [0.717, 1.165) is 31.6 Å². The molecule has 0 atom stereocenters. The Labute approximate surface area is 73.7 Å². The normalized spacial score (nSPS) is 36.8. The lowest BCUT2D eigenvalue weighted by Gasteiger charge is -2.25. The molecule has 1 nitrogen and oxygen atoms in total. The summed E-state index contributed by atoms with van der Waals surface area (Å²) in [4.78, 5) is 0. The molecule has 0 amide bonds. The third-order valence-corrected chi connectivity index (χ3v) is 3.05. The Bertz CT molecular complexity index is 137. The number of alkyl halides is 1. The van der Waals surface area contributed by atoms with E-state index in [-0.39, 0.29) is 0 Å². The zero-order valence-electron chi connectivity index (χ0n) is 7.56. The molecule has 0 heterocycles. The predicted molar refractivity (Wildman–Crippen MR) is 47.9 cm³/mol. The minimum absolute atomic E-state index is 0.510. The van der Waals surface area contributed by atoms with Crippen LogP contribution in [0.1, 0.15) is 38.5 Å². The third kappa shape index (κ3) is 2.44. The minimum Gasteiger partial charge on any atom is -0.314 e. The van der Waals surface area contributed by atoms with Crippen LogP contribution in [0.2, 0.25) is 0 Å². The van der Waals surface area contributed by atoms with E-state index >= 15 is 0 Å². The largest absolute Gasteiger partial charge is 0.314 e. The maximum Gasteiger partial charge on any atom is 0.100 e. The molecule has 2 heteroatoms. The molecule has 2 aliphatic carbocycles. The van der Waals surface area contributed by atoms with Crippen molar-refractivity contribution in [1.82, 2.24) is 5.32 Å². The maximum atomic E-state index is 12.7. The molecule has 0 aromatic rings. The number of nitrogens with one attached hydrogen (secondary N) is 1. The minimum atomic E-state index is -0.510. The van der Waals surface area contributed by atoms with Gasteiger partial charge >= 0.3 is 0 Å². The Hall–Kier alpha value is -0.110. The van der Waals surface area contributed by atoms with Crippen molar-refractivity contribution in [2.24, 2.45) is 5.92 Å². The zero-order valence-corrected chi connectivity index (χ0v) is 7.56. The molecule has 12 heavy (non-hydrogen) atoms. The Morgan fingerprint density at radius 3 is 2.25 bits per heavy atom. The first-order valence-electron chi connectivity index (χ1n) is 5.22. The summed E-state index contributed by atoms with van der Waals surface area (Å²) in [6, 6.07) is 0.623. The number of halogens is 1. The van der Waals surface area contributed by atoms with Crippen molar-refractivity contribution >= 4 is 0 Å². The standard InChI is InChI=1S/C10H18FN/c11-9-3-5-10(6-4-9)12-7-8-1-2-8/h8-10,12H,1-7H2. The Morgan fingerprint density at radius 2 is 1.67 bits per heavy atom. The van der Waals surface area contributed by atoms with Crippen molar-refractivity contribution in [2.75, 3.05) is 6.54 Å². The summed E-state index contributed by atoms with van der Waals surface area (Å²) in [5.74, 6) is 0.952. The number of hydrogen-bond acceptors (Lipinski definition) is 1. The molecule has 1 N–H and O–H groups in total. The van der Waals surface area contributed by atoms with Crippen LogP contribution in [-0.2, 0) is 0 Å². The van der Waals surface area contributed by atoms with Gasteiger partial charge in [0.1, 0.15) is 6.17 Å². The third-order valence-electron chi connectivity index (χ3n) is 3.05. The fourth-order valence-electron chi connectivity index (χ4n) is 1.91. The van der Waals surface area contributed by atoms with Gasteiger partial charge in [-0.15, -0.1) is 0 Å². The van der Waals surface area contributed by atoms with E-state index in [9.17, 15) is 4.39 Å². The topological polar surface area (TPSA) is 12.0 Å². The summed E-state index contributed by atoms with van der Waals surface area (Å²) in [6.07, 6.45) is 5.97. The van der Waals surface area contributed by atoms with Crippen molar-refractivity contribution < 1.29 is 4.39 Å². The fraction of sp³-hybridized carbons (Fsp3) is 1.00. The van der Waals surface area contributed by atoms with Gasteiger partial charge in [-0.25, -0.2) is 4.39 Å². The first-order chi connectivity index (χ1) is 5.84. The van der Waals surface area contributed by atoms with Crippen LogP contribution in [0.4, 0.5) is 4.39 Å². The summed E-state index contributed by atoms with van der Waals surface area (Å²) >= 11 is 0. The van der Waals surface area contributed by atoms with Crippen LogP contribution in [-0.4, -0.2) is 18.8 Å². The van der Waals surface area contributed by atoms with E-state index in [4.69, 9.17) is 0 Å². The van der Waals surface area contributed by atoms with Gasteiger partial charge < -0.3 is 5.32 Å². The molecule has 0 aromatic heterocycles. The van der Waals surface area contributed by atoms with E-state index in [2.05, 4.69) is 5.32 Å². The monoisotopic (exact) mass is 171 g/mol. The molecule has 70 valence electrons. The predicted octanol–water partition coefficient (Wildman–Crippen LogP) is 2.27. The molecular weight excluding hydrogens is 153 g/mol. The van der Waals surface area contributed by atoms with Crippen molar-refractivity contribution in [3.8, 4) is 0 Å². The van der Waals surface area contributed by atoms with Gasteiger partial charge in [0.2, 0.25) is 0 Å². The first kappa shape index (κ1) is 8.49. The van der Waals surface area contributed by atoms with Gasteiger partial charge in [0.05, 0.1) is 0 Å². The van der Waals surface area contributed by atoms with Crippen LogP contribution in [0.15, 0.2) is 0 Å². The van der Waals surface area contributed by atoms with Crippen LogP contribution in [0.3, 0.4) is 0 Å². The second kappa shape index (κ2) is 3.73. The molecule has 0 aromatic carbocycles. The highest BCUT2D eigenvalue weighted by atomic mass is 19.1. The van der Waals surface area contributed by atoms with Gasteiger partial charge in [-0.3, -0.25) is 0 Å². The highest BCUT2D eigenvalue weighted by molar-refractivity contribution is 4.81. The second-order valence-corrected chi connectivity index (χ2v) is 4.30. The molecule has 0 saturated heterocycles. The van der Waals surface area contributed by atoms with Crippen molar-refractivity contribution in [3.05, 3.63) is 0 Å². The smallest absolute Gasteiger partial charge is 0.100 e. The molecular formula is C10H18FN. The van der Waals surface area contributed by atoms with E-state index in [1.54, 1.807) is 0 Å². The fourth-order valence-corrected chi connectivity index (χ4v) is 1.91. The molecule has 0 bridgehead atoms. The quantitative estimate of drug-likeness (QED) is 0.687.